The first-order valence-corrected chi connectivity index (χ1v) is 10.7. The lowest BCUT2D eigenvalue weighted by Gasteiger charge is -2.15. The van der Waals surface area contributed by atoms with Crippen LogP contribution in [0.3, 0.4) is 0 Å². The first kappa shape index (κ1) is 18.8. The standard InChI is InChI=1S/C20H20N4O2S2/c1-26-16-11-9-15(10-12-16)22-19-23-24-20(28-19)27-17(13-5-3-2-4-6-13)18(25)21-14-7-8-14/h2-6,9-12,14,17H,7-8H2,1H3,(H,21,25)(H,22,23)/t17-/m0/s1. The number of carbonyl (C=O) groups is 1. The third kappa shape index (κ3) is 4.82. The smallest absolute Gasteiger partial charge is 0.238 e. The fourth-order valence-electron chi connectivity index (χ4n) is 2.61. The van der Waals surface area contributed by atoms with Crippen LogP contribution >= 0.6 is 23.1 Å². The number of benzene rings is 2. The summed E-state index contributed by atoms with van der Waals surface area (Å²) in [5, 5.41) is 15.1. The Morgan fingerprint density at radius 2 is 1.89 bits per heavy atom. The van der Waals surface area contributed by atoms with Crippen molar-refractivity contribution in [2.45, 2.75) is 28.5 Å². The Morgan fingerprint density at radius 3 is 2.57 bits per heavy atom. The predicted octanol–water partition coefficient (Wildman–Crippen LogP) is 4.40. The van der Waals surface area contributed by atoms with Gasteiger partial charge in [-0.3, -0.25) is 4.79 Å². The number of anilines is 2. The molecule has 0 saturated heterocycles. The Kier molecular flexibility index (Phi) is 5.78. The van der Waals surface area contributed by atoms with Gasteiger partial charge in [-0.25, -0.2) is 0 Å². The van der Waals surface area contributed by atoms with E-state index in [0.717, 1.165) is 34.2 Å². The minimum absolute atomic E-state index is 0.0264. The van der Waals surface area contributed by atoms with Gasteiger partial charge in [0, 0.05) is 11.7 Å². The van der Waals surface area contributed by atoms with Crippen molar-refractivity contribution in [1.82, 2.24) is 15.5 Å². The van der Waals surface area contributed by atoms with E-state index in [1.807, 2.05) is 54.6 Å². The van der Waals surface area contributed by atoms with Crippen LogP contribution in [-0.2, 0) is 4.79 Å². The summed E-state index contributed by atoms with van der Waals surface area (Å²) in [5.74, 6) is 0.824. The summed E-state index contributed by atoms with van der Waals surface area (Å²) < 4.78 is 5.92. The third-order valence-electron chi connectivity index (χ3n) is 4.23. The maximum Gasteiger partial charge on any atom is 0.238 e. The number of amides is 1. The average molecular weight is 413 g/mol. The van der Waals surface area contributed by atoms with Crippen molar-refractivity contribution < 1.29 is 9.53 Å². The van der Waals surface area contributed by atoms with E-state index in [1.165, 1.54) is 23.1 Å². The zero-order chi connectivity index (χ0) is 19.3. The molecule has 1 amide bonds. The average Bonchev–Trinajstić information content (AvgIpc) is 3.44. The van der Waals surface area contributed by atoms with Crippen molar-refractivity contribution in [3.05, 3.63) is 60.2 Å². The van der Waals surface area contributed by atoms with Gasteiger partial charge in [-0.05, 0) is 42.7 Å². The molecule has 1 aliphatic carbocycles. The van der Waals surface area contributed by atoms with E-state index >= 15 is 0 Å². The van der Waals surface area contributed by atoms with Crippen LogP contribution in [0.15, 0.2) is 58.9 Å². The van der Waals surface area contributed by atoms with Gasteiger partial charge in [0.05, 0.1) is 7.11 Å². The molecule has 1 saturated carbocycles. The number of ether oxygens (including phenoxy) is 1. The first-order chi connectivity index (χ1) is 13.7. The fourth-order valence-corrected chi connectivity index (χ4v) is 4.59. The molecule has 6 nitrogen and oxygen atoms in total. The van der Waals surface area contributed by atoms with E-state index in [2.05, 4.69) is 20.8 Å². The second-order valence-corrected chi connectivity index (χ2v) is 8.75. The number of hydrogen-bond donors (Lipinski definition) is 2. The third-order valence-corrected chi connectivity index (χ3v) is 6.41. The van der Waals surface area contributed by atoms with Crippen molar-refractivity contribution in [2.24, 2.45) is 0 Å². The van der Waals surface area contributed by atoms with Crippen LogP contribution in [-0.4, -0.2) is 29.3 Å². The summed E-state index contributed by atoms with van der Waals surface area (Å²) >= 11 is 2.86. The minimum Gasteiger partial charge on any atom is -0.497 e. The van der Waals surface area contributed by atoms with Crippen LogP contribution in [0.4, 0.5) is 10.8 Å². The van der Waals surface area contributed by atoms with Crippen molar-refractivity contribution in [3.63, 3.8) is 0 Å². The molecule has 0 bridgehead atoms. The molecule has 1 aromatic heterocycles. The Balaban J connectivity index is 1.46. The summed E-state index contributed by atoms with van der Waals surface area (Å²) in [6.07, 6.45) is 2.12. The largest absolute Gasteiger partial charge is 0.497 e. The van der Waals surface area contributed by atoms with Crippen LogP contribution < -0.4 is 15.4 Å². The molecule has 1 heterocycles. The molecular weight excluding hydrogens is 392 g/mol. The predicted molar refractivity (Wildman–Crippen MR) is 112 cm³/mol. The fraction of sp³-hybridized carbons (Fsp3) is 0.250. The number of carbonyl (C=O) groups excluding carboxylic acids is 1. The van der Waals surface area contributed by atoms with Crippen LogP contribution in [0.2, 0.25) is 0 Å². The molecule has 0 aliphatic heterocycles. The van der Waals surface area contributed by atoms with Crippen molar-refractivity contribution >= 4 is 39.8 Å². The van der Waals surface area contributed by atoms with Gasteiger partial charge in [-0.1, -0.05) is 53.4 Å². The molecule has 4 rings (SSSR count). The lowest BCUT2D eigenvalue weighted by molar-refractivity contribution is -0.120. The van der Waals surface area contributed by atoms with Gasteiger partial charge in [0.1, 0.15) is 11.0 Å². The van der Waals surface area contributed by atoms with E-state index in [9.17, 15) is 4.79 Å². The van der Waals surface area contributed by atoms with Gasteiger partial charge in [0.2, 0.25) is 11.0 Å². The number of nitrogens with zero attached hydrogens (tertiary/aromatic N) is 2. The molecule has 28 heavy (non-hydrogen) atoms. The molecule has 0 unspecified atom stereocenters. The van der Waals surface area contributed by atoms with E-state index in [1.54, 1.807) is 7.11 Å². The number of methoxy groups -OCH3 is 1. The Labute approximate surface area is 171 Å². The van der Waals surface area contributed by atoms with Gasteiger partial charge in [-0.2, -0.15) is 0 Å². The maximum absolute atomic E-state index is 12.8. The maximum atomic E-state index is 12.8. The normalized spacial score (nSPS) is 14.3. The highest BCUT2D eigenvalue weighted by molar-refractivity contribution is 8.01. The highest BCUT2D eigenvalue weighted by Crippen LogP contribution is 2.39. The second kappa shape index (κ2) is 8.62. The quantitative estimate of drug-likeness (QED) is 0.534. The van der Waals surface area contributed by atoms with Gasteiger partial charge >= 0.3 is 0 Å². The molecule has 1 atom stereocenters. The monoisotopic (exact) mass is 412 g/mol. The molecule has 0 radical (unpaired) electrons. The highest BCUT2D eigenvalue weighted by atomic mass is 32.2. The SMILES string of the molecule is COc1ccc(Nc2nnc(S[C@H](C(=O)NC3CC3)c3ccccc3)s2)cc1. The minimum atomic E-state index is -0.344. The number of thioether (sulfide) groups is 1. The van der Waals surface area contributed by atoms with Crippen LogP contribution in [0.25, 0.3) is 0 Å². The lowest BCUT2D eigenvalue weighted by Crippen LogP contribution is -2.29. The summed E-state index contributed by atoms with van der Waals surface area (Å²) in [4.78, 5) is 12.8. The molecule has 2 aromatic carbocycles. The van der Waals surface area contributed by atoms with Gasteiger partial charge in [0.15, 0.2) is 4.34 Å². The molecule has 3 aromatic rings. The van der Waals surface area contributed by atoms with E-state index in [4.69, 9.17) is 4.74 Å². The molecule has 1 fully saturated rings. The van der Waals surface area contributed by atoms with E-state index < -0.39 is 0 Å². The van der Waals surface area contributed by atoms with E-state index in [-0.39, 0.29) is 11.2 Å². The highest BCUT2D eigenvalue weighted by Gasteiger charge is 2.29. The zero-order valence-corrected chi connectivity index (χ0v) is 16.9. The molecular formula is C20H20N4O2S2. The van der Waals surface area contributed by atoms with Gasteiger partial charge < -0.3 is 15.4 Å². The summed E-state index contributed by atoms with van der Waals surface area (Å²) in [6.45, 7) is 0. The van der Waals surface area contributed by atoms with Gasteiger partial charge in [0.25, 0.3) is 0 Å². The molecule has 8 heteroatoms. The van der Waals surface area contributed by atoms with Crippen molar-refractivity contribution in [1.29, 1.82) is 0 Å². The molecule has 2 N–H and O–H groups in total. The van der Waals surface area contributed by atoms with Gasteiger partial charge in [-0.15, -0.1) is 10.2 Å². The van der Waals surface area contributed by atoms with Crippen LogP contribution in [0, 0.1) is 0 Å². The van der Waals surface area contributed by atoms with Crippen LogP contribution in [0.5, 0.6) is 5.75 Å². The number of aromatic nitrogens is 2. The summed E-state index contributed by atoms with van der Waals surface area (Å²) in [7, 11) is 1.64. The van der Waals surface area contributed by atoms with E-state index in [0.29, 0.717) is 11.2 Å². The number of hydrogen-bond acceptors (Lipinski definition) is 7. The molecule has 144 valence electrons. The molecule has 1 aliphatic rings. The van der Waals surface area contributed by atoms with Crippen LogP contribution in [0.1, 0.15) is 23.7 Å². The Hall–Kier alpha value is -2.58. The number of nitrogens with one attached hydrogen (secondary N) is 2. The zero-order valence-electron chi connectivity index (χ0n) is 15.3. The van der Waals surface area contributed by atoms with Crippen molar-refractivity contribution in [2.75, 3.05) is 12.4 Å². The summed E-state index contributed by atoms with van der Waals surface area (Å²) in [5.41, 5.74) is 1.87. The number of rotatable bonds is 8. The van der Waals surface area contributed by atoms with Crippen molar-refractivity contribution in [3.8, 4) is 5.75 Å². The second-order valence-electron chi connectivity index (χ2n) is 6.42. The Bertz CT molecular complexity index is 927. The topological polar surface area (TPSA) is 76.1 Å². The Morgan fingerprint density at radius 1 is 1.14 bits per heavy atom. The lowest BCUT2D eigenvalue weighted by atomic mass is 10.1. The summed E-state index contributed by atoms with van der Waals surface area (Å²) in [6, 6.07) is 17.7. The first-order valence-electron chi connectivity index (χ1n) is 8.98. The molecule has 0 spiro atoms.